The van der Waals surface area contributed by atoms with Crippen LogP contribution in [-0.2, 0) is 25.9 Å². The Morgan fingerprint density at radius 1 is 1.14 bits per heavy atom. The molecule has 0 aliphatic heterocycles. The fraction of sp³-hybridized carbons (Fsp3) is 0.381. The summed E-state index contributed by atoms with van der Waals surface area (Å²) in [4.78, 5) is 23.7. The predicted octanol–water partition coefficient (Wildman–Crippen LogP) is 5.18. The van der Waals surface area contributed by atoms with Crippen LogP contribution in [0, 0.1) is 6.92 Å². The van der Waals surface area contributed by atoms with Gasteiger partial charge in [0.05, 0.1) is 11.4 Å². The lowest BCUT2D eigenvalue weighted by Crippen LogP contribution is -2.11. The number of hydrogen-bond donors (Lipinski definition) is 1. The summed E-state index contributed by atoms with van der Waals surface area (Å²) in [6, 6.07) is 8.07. The minimum Gasteiger partial charge on any atom is -0.486 e. The van der Waals surface area contributed by atoms with Gasteiger partial charge in [0.2, 0.25) is 0 Å². The molecule has 0 fully saturated rings. The van der Waals surface area contributed by atoms with E-state index in [1.807, 2.05) is 19.1 Å². The van der Waals surface area contributed by atoms with Gasteiger partial charge in [0.15, 0.2) is 5.13 Å². The Kier molecular flexibility index (Phi) is 5.73. The molecule has 1 aromatic carbocycles. The number of hydrogen-bond acceptors (Lipinski definition) is 6. The third kappa shape index (κ3) is 4.25. The monoisotopic (exact) mass is 413 g/mol. The van der Waals surface area contributed by atoms with Crippen LogP contribution in [0.3, 0.4) is 0 Å². The molecule has 1 aliphatic rings. The highest BCUT2D eigenvalue weighted by Crippen LogP contribution is 2.30. The van der Waals surface area contributed by atoms with Gasteiger partial charge in [0.1, 0.15) is 22.2 Å². The lowest BCUT2D eigenvalue weighted by atomic mass is 10.0. The van der Waals surface area contributed by atoms with Crippen LogP contribution in [0.5, 0.6) is 5.75 Å². The molecule has 0 radical (unpaired) electrons. The van der Waals surface area contributed by atoms with E-state index in [0.29, 0.717) is 16.6 Å². The van der Waals surface area contributed by atoms with Crippen LogP contribution in [0.15, 0.2) is 24.3 Å². The summed E-state index contributed by atoms with van der Waals surface area (Å²) in [7, 11) is 0. The number of thiazole rings is 2. The van der Waals surface area contributed by atoms with Crippen molar-refractivity contribution in [3.8, 4) is 5.75 Å². The van der Waals surface area contributed by atoms with Gasteiger partial charge in [-0.2, -0.15) is 0 Å². The Labute approximate surface area is 172 Å². The molecule has 0 saturated heterocycles. The second kappa shape index (κ2) is 8.41. The number of rotatable bonds is 6. The van der Waals surface area contributed by atoms with E-state index in [-0.39, 0.29) is 5.91 Å². The summed E-state index contributed by atoms with van der Waals surface area (Å²) < 4.78 is 5.82. The number of nitrogens with one attached hydrogen (secondary N) is 1. The first-order valence-electron chi connectivity index (χ1n) is 9.60. The van der Waals surface area contributed by atoms with Crippen molar-refractivity contribution in [2.45, 2.75) is 52.6 Å². The molecule has 1 amide bonds. The molecule has 0 unspecified atom stereocenters. The molecule has 2 aromatic heterocycles. The van der Waals surface area contributed by atoms with E-state index in [9.17, 15) is 4.79 Å². The summed E-state index contributed by atoms with van der Waals surface area (Å²) in [5, 5.41) is 4.44. The number of anilines is 1. The molecule has 4 rings (SSSR count). The predicted molar refractivity (Wildman–Crippen MR) is 114 cm³/mol. The van der Waals surface area contributed by atoms with Crippen molar-refractivity contribution < 1.29 is 9.53 Å². The number of fused-ring (bicyclic) bond motifs is 1. The molecule has 3 aromatic rings. The summed E-state index contributed by atoms with van der Waals surface area (Å²) in [5.41, 5.74) is 3.15. The molecule has 1 aliphatic carbocycles. The van der Waals surface area contributed by atoms with Crippen molar-refractivity contribution in [1.82, 2.24) is 9.97 Å². The Balaban J connectivity index is 1.40. The van der Waals surface area contributed by atoms with E-state index in [4.69, 9.17) is 4.74 Å². The van der Waals surface area contributed by atoms with Crippen molar-refractivity contribution in [1.29, 1.82) is 0 Å². The van der Waals surface area contributed by atoms with Crippen molar-refractivity contribution in [2.75, 3.05) is 5.32 Å². The SMILES string of the molecule is CCc1ccc(OCc2nc(C)c(C(=O)Nc3nc4c(s3)CCCC4)s2)cc1. The van der Waals surface area contributed by atoms with Crippen LogP contribution in [0.25, 0.3) is 0 Å². The molecule has 28 heavy (non-hydrogen) atoms. The van der Waals surface area contributed by atoms with Crippen LogP contribution in [0.1, 0.15) is 56.3 Å². The number of aromatic nitrogens is 2. The number of amides is 1. The quantitative estimate of drug-likeness (QED) is 0.605. The van der Waals surface area contributed by atoms with Gasteiger partial charge in [-0.3, -0.25) is 10.1 Å². The van der Waals surface area contributed by atoms with E-state index < -0.39 is 0 Å². The highest BCUT2D eigenvalue weighted by molar-refractivity contribution is 7.16. The van der Waals surface area contributed by atoms with Crippen LogP contribution in [0.2, 0.25) is 0 Å². The summed E-state index contributed by atoms with van der Waals surface area (Å²) in [6.45, 7) is 4.34. The zero-order valence-electron chi connectivity index (χ0n) is 16.1. The Hall–Kier alpha value is -2.25. The third-order valence-electron chi connectivity index (χ3n) is 4.81. The van der Waals surface area contributed by atoms with Gasteiger partial charge in [-0.05, 0) is 56.7 Å². The second-order valence-corrected chi connectivity index (χ2v) is 9.03. The number of carbonyl (C=O) groups is 1. The van der Waals surface area contributed by atoms with Gasteiger partial charge in [0, 0.05) is 4.88 Å². The fourth-order valence-electron chi connectivity index (χ4n) is 3.25. The number of ether oxygens (including phenoxy) is 1. The van der Waals surface area contributed by atoms with Crippen LogP contribution in [-0.4, -0.2) is 15.9 Å². The van der Waals surface area contributed by atoms with E-state index in [0.717, 1.165) is 41.4 Å². The maximum atomic E-state index is 12.7. The van der Waals surface area contributed by atoms with Crippen molar-refractivity contribution in [2.24, 2.45) is 0 Å². The van der Waals surface area contributed by atoms with E-state index in [2.05, 4.69) is 34.3 Å². The molecule has 0 saturated carbocycles. The zero-order valence-corrected chi connectivity index (χ0v) is 17.7. The molecule has 2 heterocycles. The van der Waals surface area contributed by atoms with Gasteiger partial charge in [-0.1, -0.05) is 19.1 Å². The molecule has 1 N–H and O–H groups in total. The zero-order chi connectivity index (χ0) is 19.5. The molecule has 146 valence electrons. The lowest BCUT2D eigenvalue weighted by molar-refractivity contribution is 0.103. The van der Waals surface area contributed by atoms with Gasteiger partial charge >= 0.3 is 0 Å². The van der Waals surface area contributed by atoms with Gasteiger partial charge in [0.25, 0.3) is 5.91 Å². The first-order chi connectivity index (χ1) is 13.6. The minimum absolute atomic E-state index is 0.139. The molecule has 0 bridgehead atoms. The molecular weight excluding hydrogens is 390 g/mol. The molecule has 5 nitrogen and oxygen atoms in total. The largest absolute Gasteiger partial charge is 0.486 e. The Morgan fingerprint density at radius 3 is 2.68 bits per heavy atom. The topological polar surface area (TPSA) is 64.1 Å². The highest BCUT2D eigenvalue weighted by atomic mass is 32.1. The normalized spacial score (nSPS) is 13.2. The molecule has 7 heteroatoms. The van der Waals surface area contributed by atoms with E-state index >= 15 is 0 Å². The summed E-state index contributed by atoms with van der Waals surface area (Å²) in [5.74, 6) is 0.670. The lowest BCUT2D eigenvalue weighted by Gasteiger charge is -2.06. The van der Waals surface area contributed by atoms with E-state index in [1.54, 1.807) is 11.3 Å². The molecule has 0 atom stereocenters. The number of benzene rings is 1. The maximum Gasteiger partial charge on any atom is 0.269 e. The molecular formula is C21H23N3O2S2. The average Bonchev–Trinajstić information content (AvgIpc) is 3.29. The first kappa shape index (κ1) is 19.1. The smallest absolute Gasteiger partial charge is 0.269 e. The Morgan fingerprint density at radius 2 is 1.93 bits per heavy atom. The van der Waals surface area contributed by atoms with Gasteiger partial charge in [-0.15, -0.1) is 22.7 Å². The molecule has 0 spiro atoms. The second-order valence-electron chi connectivity index (χ2n) is 6.86. The highest BCUT2D eigenvalue weighted by Gasteiger charge is 2.20. The summed E-state index contributed by atoms with van der Waals surface area (Å²) in [6.07, 6.45) is 5.49. The minimum atomic E-state index is -0.139. The van der Waals surface area contributed by atoms with Gasteiger partial charge in [-0.25, -0.2) is 9.97 Å². The average molecular weight is 414 g/mol. The Bertz CT molecular complexity index is 953. The number of aryl methyl sites for hydroxylation is 4. The maximum absolute atomic E-state index is 12.7. The first-order valence-corrected chi connectivity index (χ1v) is 11.2. The number of nitrogens with zero attached hydrogens (tertiary/aromatic N) is 2. The fourth-order valence-corrected chi connectivity index (χ4v) is 5.17. The summed E-state index contributed by atoms with van der Waals surface area (Å²) >= 11 is 2.98. The van der Waals surface area contributed by atoms with Crippen molar-refractivity contribution in [3.63, 3.8) is 0 Å². The number of carbonyl (C=O) groups excluding carboxylic acids is 1. The van der Waals surface area contributed by atoms with Crippen LogP contribution >= 0.6 is 22.7 Å². The van der Waals surface area contributed by atoms with Crippen molar-refractivity contribution in [3.05, 3.63) is 56.0 Å². The van der Waals surface area contributed by atoms with Crippen LogP contribution < -0.4 is 10.1 Å². The van der Waals surface area contributed by atoms with Crippen molar-refractivity contribution >= 4 is 33.7 Å². The van der Waals surface area contributed by atoms with Crippen LogP contribution in [0.4, 0.5) is 5.13 Å². The van der Waals surface area contributed by atoms with Gasteiger partial charge < -0.3 is 4.74 Å². The van der Waals surface area contributed by atoms with E-state index in [1.165, 1.54) is 34.6 Å². The third-order valence-corrected chi connectivity index (χ3v) is 7.01. The standard InChI is InChI=1S/C21H23N3O2S2/c1-3-14-8-10-15(11-9-14)26-12-18-22-13(2)19(28-18)20(25)24-21-23-16-6-4-5-7-17(16)27-21/h8-11H,3-7,12H2,1-2H3,(H,23,24,25).